The maximum absolute atomic E-state index is 11.3. The summed E-state index contributed by atoms with van der Waals surface area (Å²) in [5, 5.41) is 0. The third-order valence-corrected chi connectivity index (χ3v) is 8.57. The molecule has 46 heavy (non-hydrogen) atoms. The molecule has 3 heterocycles. The number of imidazole rings is 1. The summed E-state index contributed by atoms with van der Waals surface area (Å²) < 4.78 is 36.5. The lowest BCUT2D eigenvalue weighted by molar-refractivity contribution is 0.485. The van der Waals surface area contributed by atoms with Gasteiger partial charge in [-0.1, -0.05) is 66.2 Å². The van der Waals surface area contributed by atoms with Gasteiger partial charge in [-0.15, -0.1) is 0 Å². The Morgan fingerprint density at radius 1 is 0.739 bits per heavy atom. The maximum atomic E-state index is 11.3. The summed E-state index contributed by atoms with van der Waals surface area (Å²) in [5.41, 5.74) is 6.01. The standard InChI is InChI=1S/C15H10N2O.C13H9NO.C9H9NO2S/c1-3-7-14-11(5-1)13-9-16-10-17(13)12-6-2-4-8-15(12)18-14;1-3-7-12-10(5-1)9-14-11-6-2-4-8-13(11)15-12;1-8-3-5-9(6-4-8)13(11,12)7-10-2/h1-10H;1-9H;3-6H,7H2,1H3. The SMILES string of the molecule is C1=Nc2ccccc2Oc2ccccc21.[C-]#[N+]CS(=O)(=O)c1ccc(C)cc1.c1ccc2c(c1)Oc1ccccc1-n1cncc1-2. The fourth-order valence-electron chi connectivity index (χ4n) is 4.81. The molecular weight excluding hydrogens is 596 g/mol. The Morgan fingerprint density at radius 2 is 1.37 bits per heavy atom. The molecule has 226 valence electrons. The van der Waals surface area contributed by atoms with Crippen LogP contribution < -0.4 is 9.47 Å². The van der Waals surface area contributed by atoms with Crippen molar-refractivity contribution in [2.45, 2.75) is 11.8 Å². The highest BCUT2D eigenvalue weighted by atomic mass is 32.2. The monoisotopic (exact) mass is 624 g/mol. The lowest BCUT2D eigenvalue weighted by Gasteiger charge is -2.07. The number of rotatable bonds is 2. The Balaban J connectivity index is 0.000000123. The summed E-state index contributed by atoms with van der Waals surface area (Å²) in [6.45, 7) is 8.38. The van der Waals surface area contributed by atoms with E-state index in [4.69, 9.17) is 16.0 Å². The van der Waals surface area contributed by atoms with Crippen LogP contribution in [-0.4, -0.2) is 30.1 Å². The first-order chi connectivity index (χ1) is 22.4. The highest BCUT2D eigenvalue weighted by molar-refractivity contribution is 7.91. The van der Waals surface area contributed by atoms with Gasteiger partial charge in [0.25, 0.3) is 9.84 Å². The minimum absolute atomic E-state index is 0.217. The van der Waals surface area contributed by atoms with Crippen LogP contribution in [-0.2, 0) is 9.84 Å². The number of aryl methyl sites for hydroxylation is 1. The fraction of sp³-hybridized carbons (Fsp3) is 0.0541. The highest BCUT2D eigenvalue weighted by Gasteiger charge is 2.19. The second-order valence-corrected chi connectivity index (χ2v) is 12.3. The predicted molar refractivity (Wildman–Crippen MR) is 179 cm³/mol. The van der Waals surface area contributed by atoms with Gasteiger partial charge < -0.3 is 9.47 Å². The maximum Gasteiger partial charge on any atom is 0.316 e. The van der Waals surface area contributed by atoms with E-state index in [0.29, 0.717) is 0 Å². The molecule has 0 saturated carbocycles. The molecule has 8 nitrogen and oxygen atoms in total. The smallest absolute Gasteiger partial charge is 0.316 e. The normalized spacial score (nSPS) is 11.7. The topological polar surface area (TPSA) is 87.1 Å². The molecule has 2 aliphatic heterocycles. The number of aromatic nitrogens is 2. The van der Waals surface area contributed by atoms with Crippen LogP contribution in [0.3, 0.4) is 0 Å². The predicted octanol–water partition coefficient (Wildman–Crippen LogP) is 8.83. The molecular formula is C37H28N4O4S. The van der Waals surface area contributed by atoms with E-state index in [0.717, 1.165) is 56.8 Å². The van der Waals surface area contributed by atoms with Gasteiger partial charge in [-0.2, -0.15) is 0 Å². The van der Waals surface area contributed by atoms with Gasteiger partial charge in [-0.3, -0.25) is 14.4 Å². The van der Waals surface area contributed by atoms with Crippen molar-refractivity contribution >= 4 is 21.7 Å². The molecule has 0 spiro atoms. The number of para-hydroxylation sites is 6. The van der Waals surface area contributed by atoms with Crippen molar-refractivity contribution in [3.63, 3.8) is 0 Å². The van der Waals surface area contributed by atoms with E-state index in [1.807, 2.05) is 117 Å². The zero-order valence-corrected chi connectivity index (χ0v) is 25.6. The van der Waals surface area contributed by atoms with E-state index < -0.39 is 15.7 Å². The molecule has 0 radical (unpaired) electrons. The van der Waals surface area contributed by atoms with Gasteiger partial charge in [0.05, 0.1) is 28.8 Å². The van der Waals surface area contributed by atoms with Gasteiger partial charge >= 0.3 is 5.88 Å². The van der Waals surface area contributed by atoms with E-state index >= 15 is 0 Å². The third kappa shape index (κ3) is 6.58. The van der Waals surface area contributed by atoms with Crippen molar-refractivity contribution in [3.05, 3.63) is 156 Å². The van der Waals surface area contributed by atoms with Gasteiger partial charge in [0.2, 0.25) is 0 Å². The quantitative estimate of drug-likeness (QED) is 0.179. The largest absolute Gasteiger partial charge is 0.454 e. The Labute approximate surface area is 267 Å². The fourth-order valence-corrected chi connectivity index (χ4v) is 5.68. The lowest BCUT2D eigenvalue weighted by atomic mass is 10.1. The van der Waals surface area contributed by atoms with Gasteiger partial charge in [0.15, 0.2) is 11.5 Å². The number of fused-ring (bicyclic) bond motifs is 7. The number of ether oxygens (including phenoxy) is 2. The van der Waals surface area contributed by atoms with Crippen LogP contribution in [0.1, 0.15) is 11.1 Å². The van der Waals surface area contributed by atoms with Gasteiger partial charge in [-0.25, -0.2) is 20.0 Å². The van der Waals surface area contributed by atoms with Crippen LogP contribution in [0.2, 0.25) is 0 Å². The summed E-state index contributed by atoms with van der Waals surface area (Å²) >= 11 is 0. The van der Waals surface area contributed by atoms with Crippen LogP contribution in [0, 0.1) is 13.5 Å². The molecule has 0 saturated heterocycles. The molecule has 9 heteroatoms. The second-order valence-electron chi connectivity index (χ2n) is 10.3. The van der Waals surface area contributed by atoms with Gasteiger partial charge in [0, 0.05) is 17.3 Å². The number of hydrogen-bond acceptors (Lipinski definition) is 6. The molecule has 0 N–H and O–H groups in total. The van der Waals surface area contributed by atoms with E-state index in [-0.39, 0.29) is 4.90 Å². The average molecular weight is 625 g/mol. The first-order valence-corrected chi connectivity index (χ1v) is 16.0. The first kappa shape index (κ1) is 30.1. The van der Waals surface area contributed by atoms with Crippen molar-refractivity contribution in [2.24, 2.45) is 4.99 Å². The zero-order valence-electron chi connectivity index (χ0n) is 24.8. The number of nitrogens with zero attached hydrogens (tertiary/aromatic N) is 4. The zero-order chi connectivity index (χ0) is 31.9. The molecule has 1 aromatic heterocycles. The first-order valence-electron chi connectivity index (χ1n) is 14.3. The number of aliphatic imine (C=N–C) groups is 1. The van der Waals surface area contributed by atoms with E-state index in [1.165, 1.54) is 12.1 Å². The number of benzene rings is 5. The van der Waals surface area contributed by atoms with Crippen LogP contribution in [0.25, 0.3) is 21.8 Å². The van der Waals surface area contributed by atoms with Gasteiger partial charge in [0.1, 0.15) is 17.2 Å². The molecule has 5 aromatic carbocycles. The van der Waals surface area contributed by atoms with Crippen molar-refractivity contribution in [1.29, 1.82) is 0 Å². The number of sulfone groups is 1. The molecule has 0 fully saturated rings. The minimum atomic E-state index is -3.38. The number of hydrogen-bond donors (Lipinski definition) is 0. The summed E-state index contributed by atoms with van der Waals surface area (Å²) in [4.78, 5) is 11.7. The highest BCUT2D eigenvalue weighted by Crippen LogP contribution is 2.40. The van der Waals surface area contributed by atoms with Crippen LogP contribution in [0.4, 0.5) is 5.69 Å². The molecule has 2 aliphatic rings. The summed E-state index contributed by atoms with van der Waals surface area (Å²) in [5.74, 6) is 2.89. The molecule has 0 aliphatic carbocycles. The van der Waals surface area contributed by atoms with E-state index in [1.54, 1.807) is 12.1 Å². The van der Waals surface area contributed by atoms with Gasteiger partial charge in [-0.05, 0) is 67.6 Å². The lowest BCUT2D eigenvalue weighted by Crippen LogP contribution is -2.02. The summed E-state index contributed by atoms with van der Waals surface area (Å²) in [6.07, 6.45) is 5.52. The molecule has 6 aromatic rings. The second kappa shape index (κ2) is 13.3. The van der Waals surface area contributed by atoms with E-state index in [9.17, 15) is 8.42 Å². The Bertz CT molecular complexity index is 2070. The Morgan fingerprint density at radius 3 is 2.15 bits per heavy atom. The Kier molecular flexibility index (Phi) is 8.72. The van der Waals surface area contributed by atoms with Crippen molar-refractivity contribution in [3.8, 4) is 39.9 Å². The minimum Gasteiger partial charge on any atom is -0.454 e. The molecule has 0 bridgehead atoms. The molecule has 0 amide bonds. The molecule has 0 unspecified atom stereocenters. The van der Waals surface area contributed by atoms with Crippen molar-refractivity contribution in [1.82, 2.24) is 9.55 Å². The van der Waals surface area contributed by atoms with Crippen LogP contribution in [0.5, 0.6) is 23.0 Å². The molecule has 0 atom stereocenters. The Hall–Kier alpha value is -5.98. The third-order valence-electron chi connectivity index (χ3n) is 7.11. The van der Waals surface area contributed by atoms with Crippen LogP contribution >= 0.6 is 0 Å². The van der Waals surface area contributed by atoms with Crippen molar-refractivity contribution in [2.75, 3.05) is 5.88 Å². The summed E-state index contributed by atoms with van der Waals surface area (Å²) in [7, 11) is -3.38. The average Bonchev–Trinajstić information content (AvgIpc) is 3.42. The van der Waals surface area contributed by atoms with Crippen LogP contribution in [0.15, 0.2) is 144 Å². The molecule has 8 rings (SSSR count). The summed E-state index contributed by atoms with van der Waals surface area (Å²) in [6, 6.07) is 38.1. The van der Waals surface area contributed by atoms with E-state index in [2.05, 4.69) is 25.5 Å². The van der Waals surface area contributed by atoms with Crippen molar-refractivity contribution < 1.29 is 17.9 Å².